The van der Waals surface area contributed by atoms with E-state index >= 15 is 0 Å². The van der Waals surface area contributed by atoms with Crippen LogP contribution in [0.4, 0.5) is 4.39 Å². The van der Waals surface area contributed by atoms with Crippen LogP contribution in [-0.4, -0.2) is 41.6 Å². The van der Waals surface area contributed by atoms with Crippen LogP contribution >= 0.6 is 0 Å². The lowest BCUT2D eigenvalue weighted by Crippen LogP contribution is -2.25. The minimum Gasteiger partial charge on any atom is -0.297 e. The molecular weight excluding hydrogens is 377 g/mol. The van der Waals surface area contributed by atoms with Gasteiger partial charge in [-0.05, 0) is 53.1 Å². The standard InChI is InChI=1S/C21H18FN3O2S/c22-21-4-2-16(10-24-21)15-1-3-19-17(9-15)18-12-25(13-20(18)28(19,26)27)11-14-5-7-23-8-6-14/h1-10,18,20H,11-13H2. The molecule has 5 rings (SSSR count). The molecule has 0 saturated carbocycles. The highest BCUT2D eigenvalue weighted by Gasteiger charge is 2.50. The zero-order chi connectivity index (χ0) is 19.3. The summed E-state index contributed by atoms with van der Waals surface area (Å²) < 4.78 is 39.2. The van der Waals surface area contributed by atoms with Gasteiger partial charge in [0.1, 0.15) is 0 Å². The van der Waals surface area contributed by atoms with E-state index in [2.05, 4.69) is 14.9 Å². The molecule has 142 valence electrons. The van der Waals surface area contributed by atoms with E-state index in [1.165, 1.54) is 12.3 Å². The highest BCUT2D eigenvalue weighted by molar-refractivity contribution is 7.92. The number of halogens is 1. The normalized spacial score (nSPS) is 22.8. The fourth-order valence-corrected chi connectivity index (χ4v) is 6.52. The number of fused-ring (bicyclic) bond motifs is 3. The van der Waals surface area contributed by atoms with E-state index in [1.54, 1.807) is 30.6 Å². The van der Waals surface area contributed by atoms with Crippen molar-refractivity contribution in [2.45, 2.75) is 22.6 Å². The molecule has 3 aromatic rings. The van der Waals surface area contributed by atoms with Gasteiger partial charge in [0, 0.05) is 49.7 Å². The van der Waals surface area contributed by atoms with Gasteiger partial charge in [0.05, 0.1) is 10.1 Å². The first-order valence-corrected chi connectivity index (χ1v) is 10.7. The van der Waals surface area contributed by atoms with Crippen molar-refractivity contribution in [3.63, 3.8) is 0 Å². The molecule has 0 radical (unpaired) electrons. The molecule has 0 spiro atoms. The zero-order valence-electron chi connectivity index (χ0n) is 15.0. The van der Waals surface area contributed by atoms with E-state index in [1.807, 2.05) is 18.2 Å². The molecule has 0 bridgehead atoms. The molecular formula is C21H18FN3O2S. The summed E-state index contributed by atoms with van der Waals surface area (Å²) in [6.45, 7) is 1.93. The number of rotatable bonds is 3. The second-order valence-electron chi connectivity index (χ2n) is 7.36. The van der Waals surface area contributed by atoms with Crippen LogP contribution in [0.15, 0.2) is 66.0 Å². The molecule has 28 heavy (non-hydrogen) atoms. The first-order chi connectivity index (χ1) is 13.5. The van der Waals surface area contributed by atoms with Crippen molar-refractivity contribution in [1.82, 2.24) is 14.9 Å². The Hall–Kier alpha value is -2.64. The van der Waals surface area contributed by atoms with Crippen LogP contribution in [0.2, 0.25) is 0 Å². The fourth-order valence-electron chi connectivity index (χ4n) is 4.33. The maximum absolute atomic E-state index is 13.1. The Morgan fingerprint density at radius 2 is 1.82 bits per heavy atom. The van der Waals surface area contributed by atoms with E-state index < -0.39 is 21.0 Å². The Bertz CT molecular complexity index is 1130. The smallest absolute Gasteiger partial charge is 0.212 e. The van der Waals surface area contributed by atoms with E-state index in [0.29, 0.717) is 24.5 Å². The molecule has 2 atom stereocenters. The lowest BCUT2D eigenvalue weighted by molar-refractivity contribution is 0.325. The van der Waals surface area contributed by atoms with Crippen LogP contribution in [0.5, 0.6) is 0 Å². The maximum Gasteiger partial charge on any atom is 0.212 e. The highest BCUT2D eigenvalue weighted by atomic mass is 32.2. The fraction of sp³-hybridized carbons (Fsp3) is 0.238. The first kappa shape index (κ1) is 17.5. The highest BCUT2D eigenvalue weighted by Crippen LogP contribution is 2.46. The van der Waals surface area contributed by atoms with Gasteiger partial charge in [-0.3, -0.25) is 9.88 Å². The molecule has 0 aliphatic carbocycles. The molecule has 1 saturated heterocycles. The Kier molecular flexibility index (Phi) is 4.03. The molecule has 2 aliphatic rings. The molecule has 2 aromatic heterocycles. The molecule has 2 unspecified atom stereocenters. The van der Waals surface area contributed by atoms with Crippen LogP contribution in [0.3, 0.4) is 0 Å². The molecule has 2 aliphatic heterocycles. The van der Waals surface area contributed by atoms with Crippen molar-refractivity contribution in [1.29, 1.82) is 0 Å². The Morgan fingerprint density at radius 1 is 1.04 bits per heavy atom. The van der Waals surface area contributed by atoms with Crippen LogP contribution in [0.1, 0.15) is 17.0 Å². The number of hydrogen-bond acceptors (Lipinski definition) is 5. The third-order valence-corrected chi connectivity index (χ3v) is 7.93. The maximum atomic E-state index is 13.1. The second-order valence-corrected chi connectivity index (χ2v) is 9.50. The van der Waals surface area contributed by atoms with Gasteiger partial charge in [-0.1, -0.05) is 6.07 Å². The molecule has 7 heteroatoms. The van der Waals surface area contributed by atoms with Gasteiger partial charge < -0.3 is 0 Å². The summed E-state index contributed by atoms with van der Waals surface area (Å²) in [4.78, 5) is 10.4. The molecule has 1 fully saturated rings. The van der Waals surface area contributed by atoms with Gasteiger partial charge in [0.15, 0.2) is 9.84 Å². The third-order valence-electron chi connectivity index (χ3n) is 5.67. The number of benzene rings is 1. The summed E-state index contributed by atoms with van der Waals surface area (Å²) in [5, 5.41) is -0.411. The Labute approximate surface area is 162 Å². The quantitative estimate of drug-likeness (QED) is 0.638. The summed E-state index contributed by atoms with van der Waals surface area (Å²) in [7, 11) is -3.34. The Balaban J connectivity index is 1.48. The van der Waals surface area contributed by atoms with Crippen molar-refractivity contribution in [2.75, 3.05) is 13.1 Å². The molecule has 4 heterocycles. The van der Waals surface area contributed by atoms with Gasteiger partial charge in [0.25, 0.3) is 0 Å². The molecule has 1 aromatic carbocycles. The summed E-state index contributed by atoms with van der Waals surface area (Å²) >= 11 is 0. The van der Waals surface area contributed by atoms with E-state index in [4.69, 9.17) is 0 Å². The van der Waals surface area contributed by atoms with E-state index in [9.17, 15) is 12.8 Å². The van der Waals surface area contributed by atoms with Gasteiger partial charge in [-0.15, -0.1) is 0 Å². The predicted molar refractivity (Wildman–Crippen MR) is 103 cm³/mol. The van der Waals surface area contributed by atoms with E-state index in [-0.39, 0.29) is 5.92 Å². The van der Waals surface area contributed by atoms with Crippen molar-refractivity contribution in [3.8, 4) is 11.1 Å². The monoisotopic (exact) mass is 395 g/mol. The topological polar surface area (TPSA) is 63.2 Å². The number of hydrogen-bond donors (Lipinski definition) is 0. The number of nitrogens with zero attached hydrogens (tertiary/aromatic N) is 3. The number of likely N-dealkylation sites (tertiary alicyclic amines) is 1. The number of pyridine rings is 2. The minimum absolute atomic E-state index is 0.0461. The average molecular weight is 395 g/mol. The summed E-state index contributed by atoms with van der Waals surface area (Å²) in [6.07, 6.45) is 4.98. The second kappa shape index (κ2) is 6.46. The largest absolute Gasteiger partial charge is 0.297 e. The van der Waals surface area contributed by atoms with Crippen LogP contribution in [0, 0.1) is 5.95 Å². The van der Waals surface area contributed by atoms with Crippen molar-refractivity contribution in [2.24, 2.45) is 0 Å². The van der Waals surface area contributed by atoms with Gasteiger partial charge in [0.2, 0.25) is 5.95 Å². The lowest BCUT2D eigenvalue weighted by Gasteiger charge is -2.17. The number of aromatic nitrogens is 2. The average Bonchev–Trinajstić information content (AvgIpc) is 3.21. The summed E-state index contributed by atoms with van der Waals surface area (Å²) in [6, 6.07) is 12.3. The molecule has 0 amide bonds. The van der Waals surface area contributed by atoms with E-state index in [0.717, 1.165) is 22.3 Å². The van der Waals surface area contributed by atoms with Crippen LogP contribution in [-0.2, 0) is 16.4 Å². The molecule has 0 N–H and O–H groups in total. The SMILES string of the molecule is O=S1(=O)c2ccc(-c3ccc(F)nc3)cc2C2CN(Cc3ccncc3)CC21. The summed E-state index contributed by atoms with van der Waals surface area (Å²) in [5.74, 6) is -0.578. The molecule has 5 nitrogen and oxygen atoms in total. The van der Waals surface area contributed by atoms with Crippen molar-refractivity contribution in [3.05, 3.63) is 78.1 Å². The number of sulfone groups is 1. The van der Waals surface area contributed by atoms with Crippen molar-refractivity contribution < 1.29 is 12.8 Å². The van der Waals surface area contributed by atoms with Crippen LogP contribution < -0.4 is 0 Å². The zero-order valence-corrected chi connectivity index (χ0v) is 15.8. The van der Waals surface area contributed by atoms with Crippen molar-refractivity contribution >= 4 is 9.84 Å². The Morgan fingerprint density at radius 3 is 2.57 bits per heavy atom. The van der Waals surface area contributed by atoms with Gasteiger partial charge in [-0.25, -0.2) is 13.4 Å². The first-order valence-electron chi connectivity index (χ1n) is 9.13. The lowest BCUT2D eigenvalue weighted by atomic mass is 9.95. The third kappa shape index (κ3) is 2.82. The van der Waals surface area contributed by atoms with Crippen LogP contribution in [0.25, 0.3) is 11.1 Å². The minimum atomic E-state index is -3.34. The van der Waals surface area contributed by atoms with Gasteiger partial charge >= 0.3 is 0 Å². The predicted octanol–water partition coefficient (Wildman–Crippen LogP) is 3.04. The summed E-state index contributed by atoms with van der Waals surface area (Å²) in [5.41, 5.74) is 3.62. The van der Waals surface area contributed by atoms with Gasteiger partial charge in [-0.2, -0.15) is 4.39 Å².